The van der Waals surface area contributed by atoms with Crippen molar-refractivity contribution in [3.63, 3.8) is 0 Å². The SMILES string of the molecule is C=CNc1cc(NC(=O)OCC(COC(=O)Nc2ccc(C)c(N=C=O)c2)(COC(=O)Nc2ccc(C)c(N=C=O)c2)COC(=O)Nc2ccc(C)c(NC=C)c2)ccc1C. The van der Waals surface area contributed by atoms with Crippen molar-refractivity contribution in [3.05, 3.63) is 121 Å². The molecule has 0 spiro atoms. The number of amides is 4. The van der Waals surface area contributed by atoms with E-state index < -0.39 is 56.2 Å². The number of hydrogen-bond donors (Lipinski definition) is 6. The minimum atomic E-state index is -1.75. The van der Waals surface area contributed by atoms with Gasteiger partial charge in [0.05, 0.1) is 11.4 Å². The molecule has 0 unspecified atom stereocenters. The lowest BCUT2D eigenvalue weighted by atomic mass is 9.92. The topological polar surface area (TPSA) is 236 Å². The minimum absolute atomic E-state index is 0.209. The minimum Gasteiger partial charge on any atom is -0.448 e. The maximum atomic E-state index is 13.3. The molecule has 0 atom stereocenters. The van der Waals surface area contributed by atoms with Crippen LogP contribution in [-0.2, 0) is 28.5 Å². The van der Waals surface area contributed by atoms with Crippen LogP contribution in [0.25, 0.3) is 0 Å². The van der Waals surface area contributed by atoms with Crippen molar-refractivity contribution in [2.45, 2.75) is 27.7 Å². The summed E-state index contributed by atoms with van der Waals surface area (Å²) in [6.07, 6.45) is 1.93. The molecule has 18 heteroatoms. The highest BCUT2D eigenvalue weighted by Gasteiger charge is 2.38. The lowest BCUT2D eigenvalue weighted by Crippen LogP contribution is -2.45. The van der Waals surface area contributed by atoms with Gasteiger partial charge in [-0.3, -0.25) is 21.3 Å². The van der Waals surface area contributed by atoms with Gasteiger partial charge in [0.2, 0.25) is 12.2 Å². The Morgan fingerprint density at radius 3 is 1.11 bits per heavy atom. The summed E-state index contributed by atoms with van der Waals surface area (Å²) in [6, 6.07) is 19.2. The third kappa shape index (κ3) is 14.0. The molecule has 0 aliphatic heterocycles. The van der Waals surface area contributed by atoms with E-state index in [-0.39, 0.29) is 22.7 Å². The van der Waals surface area contributed by atoms with E-state index >= 15 is 0 Å². The molecule has 316 valence electrons. The number of carbonyl (C=O) groups is 4. The number of aryl methyl sites for hydroxylation is 4. The molecule has 4 aromatic carbocycles. The number of isocyanates is 2. The average Bonchev–Trinajstić information content (AvgIpc) is 3.22. The number of nitrogens with zero attached hydrogens (tertiary/aromatic N) is 2. The van der Waals surface area contributed by atoms with Gasteiger partial charge in [0.15, 0.2) is 0 Å². The molecule has 18 nitrogen and oxygen atoms in total. The number of benzene rings is 4. The van der Waals surface area contributed by atoms with Gasteiger partial charge in [-0.15, -0.1) is 0 Å². The Kier molecular flexibility index (Phi) is 16.5. The number of anilines is 6. The number of aliphatic imine (C=N–C) groups is 2. The van der Waals surface area contributed by atoms with E-state index in [2.05, 4.69) is 55.0 Å². The normalized spacial score (nSPS) is 10.3. The van der Waals surface area contributed by atoms with Gasteiger partial charge in [0.1, 0.15) is 31.8 Å². The second-order valence-corrected chi connectivity index (χ2v) is 13.5. The molecule has 4 aromatic rings. The van der Waals surface area contributed by atoms with E-state index in [9.17, 15) is 28.8 Å². The maximum absolute atomic E-state index is 13.3. The van der Waals surface area contributed by atoms with Crippen LogP contribution in [-0.4, -0.2) is 63.0 Å². The average molecular weight is 833 g/mol. The molecule has 4 rings (SSSR count). The first-order valence-corrected chi connectivity index (χ1v) is 18.4. The van der Waals surface area contributed by atoms with E-state index in [1.165, 1.54) is 36.7 Å². The fraction of sp³-hybridized carbons (Fsp3) is 0.209. The zero-order valence-corrected chi connectivity index (χ0v) is 33.8. The van der Waals surface area contributed by atoms with E-state index in [4.69, 9.17) is 18.9 Å². The first-order chi connectivity index (χ1) is 29.3. The highest BCUT2D eigenvalue weighted by atomic mass is 16.6. The second kappa shape index (κ2) is 22.1. The van der Waals surface area contributed by atoms with Crippen molar-refractivity contribution in [1.82, 2.24) is 0 Å². The summed E-state index contributed by atoms with van der Waals surface area (Å²) in [4.78, 5) is 82.1. The Morgan fingerprint density at radius 1 is 0.525 bits per heavy atom. The van der Waals surface area contributed by atoms with E-state index in [0.29, 0.717) is 33.9 Å². The van der Waals surface area contributed by atoms with Crippen molar-refractivity contribution in [2.75, 3.05) is 58.3 Å². The fourth-order valence-corrected chi connectivity index (χ4v) is 5.38. The monoisotopic (exact) mass is 832 g/mol. The Morgan fingerprint density at radius 2 is 0.820 bits per heavy atom. The van der Waals surface area contributed by atoms with Gasteiger partial charge in [-0.25, -0.2) is 28.8 Å². The van der Waals surface area contributed by atoms with Gasteiger partial charge in [-0.2, -0.15) is 9.98 Å². The van der Waals surface area contributed by atoms with Crippen LogP contribution in [0.4, 0.5) is 64.7 Å². The Labute approximate surface area is 351 Å². The zero-order valence-electron chi connectivity index (χ0n) is 33.8. The fourth-order valence-electron chi connectivity index (χ4n) is 5.38. The van der Waals surface area contributed by atoms with Crippen molar-refractivity contribution in [2.24, 2.45) is 15.4 Å². The molecule has 0 saturated heterocycles. The zero-order chi connectivity index (χ0) is 44.4. The summed E-state index contributed by atoms with van der Waals surface area (Å²) in [5.41, 5.74) is 4.21. The molecular weight excluding hydrogens is 789 g/mol. The number of ether oxygens (including phenoxy) is 4. The van der Waals surface area contributed by atoms with Gasteiger partial charge in [-0.1, -0.05) is 37.4 Å². The first-order valence-electron chi connectivity index (χ1n) is 18.4. The van der Waals surface area contributed by atoms with E-state index in [1.54, 1.807) is 74.5 Å². The predicted octanol–water partition coefficient (Wildman–Crippen LogP) is 9.25. The molecule has 4 amide bonds. The van der Waals surface area contributed by atoms with Crippen LogP contribution in [0.5, 0.6) is 0 Å². The van der Waals surface area contributed by atoms with Crippen molar-refractivity contribution >= 4 is 82.0 Å². The quantitative estimate of drug-likeness (QED) is 0.0313. The predicted molar refractivity (Wildman–Crippen MR) is 230 cm³/mol. The van der Waals surface area contributed by atoms with Gasteiger partial charge < -0.3 is 29.6 Å². The summed E-state index contributed by atoms with van der Waals surface area (Å²) in [6.45, 7) is 11.9. The molecule has 0 bridgehead atoms. The molecular formula is C43H44N8O10. The molecule has 0 aromatic heterocycles. The van der Waals surface area contributed by atoms with Gasteiger partial charge in [0, 0.05) is 34.1 Å². The van der Waals surface area contributed by atoms with Crippen molar-refractivity contribution < 1.29 is 47.7 Å². The largest absolute Gasteiger partial charge is 0.448 e. The summed E-state index contributed by atoms with van der Waals surface area (Å²) in [7, 11) is 0. The van der Waals surface area contributed by atoms with Gasteiger partial charge >= 0.3 is 24.4 Å². The smallest absolute Gasteiger partial charge is 0.411 e. The lowest BCUT2D eigenvalue weighted by Gasteiger charge is -2.31. The van der Waals surface area contributed by atoms with Crippen LogP contribution in [0.1, 0.15) is 22.3 Å². The summed E-state index contributed by atoms with van der Waals surface area (Å²) >= 11 is 0. The Balaban J connectivity index is 1.63. The molecule has 0 radical (unpaired) electrons. The molecule has 6 N–H and O–H groups in total. The summed E-state index contributed by atoms with van der Waals surface area (Å²) in [5, 5.41) is 16.2. The standard InChI is InChI=1S/C43H44N8O10/c1-7-44-35-17-31(13-9-27(35)3)48-39(54)58-21-43(22-59-40(55)49-32-14-10-28(4)36(18-32)45-8-2,23-60-41(56)50-33-15-11-29(5)37(19-33)46-25-52)24-61-42(57)51-34-16-12-30(6)38(20-34)47-26-53/h7-20,44-45H,1-2,21-24H2,3-6H3,(H,48,54)(H,49,55)(H,50,56)(H,51,57). The molecule has 0 aliphatic carbocycles. The molecule has 0 fully saturated rings. The van der Waals surface area contributed by atoms with Crippen molar-refractivity contribution in [1.29, 1.82) is 0 Å². The number of rotatable bonds is 18. The second-order valence-electron chi connectivity index (χ2n) is 13.5. The van der Waals surface area contributed by atoms with Crippen LogP contribution >= 0.6 is 0 Å². The molecule has 0 saturated carbocycles. The Hall–Kier alpha value is -8.20. The van der Waals surface area contributed by atoms with Crippen molar-refractivity contribution in [3.8, 4) is 0 Å². The third-order valence-electron chi connectivity index (χ3n) is 8.76. The summed E-state index contributed by atoms with van der Waals surface area (Å²) < 4.78 is 22.4. The van der Waals surface area contributed by atoms with Crippen LogP contribution in [0.3, 0.4) is 0 Å². The highest BCUT2D eigenvalue weighted by molar-refractivity contribution is 5.88. The van der Waals surface area contributed by atoms with Gasteiger partial charge in [-0.05, 0) is 111 Å². The van der Waals surface area contributed by atoms with Crippen LogP contribution in [0.2, 0.25) is 0 Å². The lowest BCUT2D eigenvalue weighted by molar-refractivity contribution is -0.0420. The highest BCUT2D eigenvalue weighted by Crippen LogP contribution is 2.28. The van der Waals surface area contributed by atoms with E-state index in [0.717, 1.165) is 11.1 Å². The van der Waals surface area contributed by atoms with Crippen LogP contribution in [0.15, 0.2) is 108 Å². The van der Waals surface area contributed by atoms with Crippen LogP contribution in [0, 0.1) is 33.1 Å². The molecule has 0 aliphatic rings. The first kappa shape index (κ1) is 45.5. The number of nitrogens with one attached hydrogen (secondary N) is 6. The van der Waals surface area contributed by atoms with Gasteiger partial charge in [0.25, 0.3) is 0 Å². The number of hydrogen-bond acceptors (Lipinski definition) is 14. The van der Waals surface area contributed by atoms with Crippen LogP contribution < -0.4 is 31.9 Å². The summed E-state index contributed by atoms with van der Waals surface area (Å²) in [5.74, 6) is 0. The van der Waals surface area contributed by atoms with E-state index in [1.807, 2.05) is 13.8 Å². The molecule has 61 heavy (non-hydrogen) atoms. The Bertz CT molecular complexity index is 2220. The maximum Gasteiger partial charge on any atom is 0.411 e. The molecule has 0 heterocycles. The number of carbonyl (C=O) groups excluding carboxylic acids is 6. The third-order valence-corrected chi connectivity index (χ3v) is 8.76.